The molecule has 0 bridgehead atoms. The van der Waals surface area contributed by atoms with Crippen LogP contribution in [-0.2, 0) is 6.42 Å². The number of nitrogens with zero attached hydrogens (tertiary/aromatic N) is 2. The SMILES string of the molecule is Cc1nnc(C[C@@H]2CC[C@H](NC(=O)c3cc(Cl)ccc3F)C2)o1. The van der Waals surface area contributed by atoms with Crippen molar-refractivity contribution in [2.24, 2.45) is 5.92 Å². The van der Waals surface area contributed by atoms with Crippen LogP contribution in [0.15, 0.2) is 22.6 Å². The maximum atomic E-state index is 13.7. The fourth-order valence-corrected chi connectivity index (χ4v) is 3.17. The summed E-state index contributed by atoms with van der Waals surface area (Å²) in [6.45, 7) is 1.76. The molecule has 1 aromatic heterocycles. The van der Waals surface area contributed by atoms with Crippen molar-refractivity contribution in [3.8, 4) is 0 Å². The molecule has 2 atom stereocenters. The number of rotatable bonds is 4. The first kappa shape index (κ1) is 15.9. The van der Waals surface area contributed by atoms with Gasteiger partial charge in [0, 0.05) is 24.4 Å². The van der Waals surface area contributed by atoms with Gasteiger partial charge < -0.3 is 9.73 Å². The van der Waals surface area contributed by atoms with Crippen LogP contribution in [0.4, 0.5) is 4.39 Å². The second kappa shape index (κ2) is 6.66. The largest absolute Gasteiger partial charge is 0.426 e. The van der Waals surface area contributed by atoms with Crippen LogP contribution < -0.4 is 5.32 Å². The van der Waals surface area contributed by atoms with E-state index in [2.05, 4.69) is 15.5 Å². The maximum absolute atomic E-state index is 13.7. The molecular weight excluding hydrogens is 321 g/mol. The monoisotopic (exact) mass is 337 g/mol. The van der Waals surface area contributed by atoms with Crippen molar-refractivity contribution in [1.29, 1.82) is 0 Å². The number of aromatic nitrogens is 2. The van der Waals surface area contributed by atoms with Gasteiger partial charge >= 0.3 is 0 Å². The van der Waals surface area contributed by atoms with E-state index in [1.807, 2.05) is 0 Å². The van der Waals surface area contributed by atoms with Crippen LogP contribution in [0.1, 0.15) is 41.4 Å². The molecule has 1 aliphatic carbocycles. The van der Waals surface area contributed by atoms with Crippen LogP contribution in [0, 0.1) is 18.7 Å². The van der Waals surface area contributed by atoms with Crippen molar-refractivity contribution in [1.82, 2.24) is 15.5 Å². The Kier molecular flexibility index (Phi) is 4.61. The summed E-state index contributed by atoms with van der Waals surface area (Å²) in [6.07, 6.45) is 3.34. The topological polar surface area (TPSA) is 68.0 Å². The van der Waals surface area contributed by atoms with Crippen molar-refractivity contribution in [3.05, 3.63) is 46.4 Å². The Labute approximate surface area is 138 Å². The van der Waals surface area contributed by atoms with E-state index >= 15 is 0 Å². The first-order valence-electron chi connectivity index (χ1n) is 7.56. The highest BCUT2D eigenvalue weighted by Gasteiger charge is 2.28. The van der Waals surface area contributed by atoms with Gasteiger partial charge in [0.1, 0.15) is 5.82 Å². The van der Waals surface area contributed by atoms with Crippen LogP contribution in [0.25, 0.3) is 0 Å². The molecule has 23 heavy (non-hydrogen) atoms. The summed E-state index contributed by atoms with van der Waals surface area (Å²) in [5, 5.41) is 11.0. The van der Waals surface area contributed by atoms with Gasteiger partial charge in [-0.2, -0.15) is 0 Å². The van der Waals surface area contributed by atoms with Crippen molar-refractivity contribution < 1.29 is 13.6 Å². The predicted molar refractivity (Wildman–Crippen MR) is 82.7 cm³/mol. The third-order valence-electron chi connectivity index (χ3n) is 4.08. The van der Waals surface area contributed by atoms with Gasteiger partial charge in [0.05, 0.1) is 5.56 Å². The quantitative estimate of drug-likeness (QED) is 0.929. The average Bonchev–Trinajstić information content (AvgIpc) is 3.11. The van der Waals surface area contributed by atoms with Gasteiger partial charge in [-0.3, -0.25) is 4.79 Å². The van der Waals surface area contributed by atoms with E-state index in [-0.39, 0.29) is 11.6 Å². The number of amides is 1. The lowest BCUT2D eigenvalue weighted by molar-refractivity contribution is 0.0933. The van der Waals surface area contributed by atoms with Crippen molar-refractivity contribution in [2.45, 2.75) is 38.6 Å². The molecular formula is C16H17ClFN3O2. The zero-order valence-corrected chi connectivity index (χ0v) is 13.4. The predicted octanol–water partition coefficient (Wildman–Crippen LogP) is 3.31. The molecule has 1 aromatic carbocycles. The summed E-state index contributed by atoms with van der Waals surface area (Å²) >= 11 is 5.82. The zero-order valence-electron chi connectivity index (χ0n) is 12.7. The van der Waals surface area contributed by atoms with E-state index in [4.69, 9.17) is 16.0 Å². The molecule has 1 amide bonds. The first-order valence-corrected chi connectivity index (χ1v) is 7.94. The van der Waals surface area contributed by atoms with E-state index in [1.54, 1.807) is 6.92 Å². The van der Waals surface area contributed by atoms with Gasteiger partial charge in [0.25, 0.3) is 5.91 Å². The Morgan fingerprint density at radius 3 is 3.00 bits per heavy atom. The Balaban J connectivity index is 1.57. The molecule has 1 N–H and O–H groups in total. The number of carbonyl (C=O) groups excluding carboxylic acids is 1. The molecule has 1 saturated carbocycles. The standard InChI is InChI=1S/C16H17ClFN3O2/c1-9-20-21-15(23-9)7-10-2-4-12(6-10)19-16(22)13-8-11(17)3-5-14(13)18/h3,5,8,10,12H,2,4,6-7H2,1H3,(H,19,22)/t10-,12+/m1/s1. The summed E-state index contributed by atoms with van der Waals surface area (Å²) in [6, 6.07) is 3.99. The van der Waals surface area contributed by atoms with E-state index in [0.29, 0.717) is 29.1 Å². The third kappa shape index (κ3) is 3.88. The smallest absolute Gasteiger partial charge is 0.254 e. The lowest BCUT2D eigenvalue weighted by atomic mass is 10.0. The maximum Gasteiger partial charge on any atom is 0.254 e. The van der Waals surface area contributed by atoms with Crippen LogP contribution in [-0.4, -0.2) is 22.1 Å². The molecule has 122 valence electrons. The molecule has 3 rings (SSSR count). The normalized spacial score (nSPS) is 20.7. The van der Waals surface area contributed by atoms with Crippen molar-refractivity contribution >= 4 is 17.5 Å². The molecule has 0 unspecified atom stereocenters. The molecule has 1 aliphatic rings. The number of benzene rings is 1. The van der Waals surface area contributed by atoms with Gasteiger partial charge in [-0.25, -0.2) is 4.39 Å². The first-order chi connectivity index (χ1) is 11.0. The number of nitrogens with one attached hydrogen (secondary N) is 1. The van der Waals surface area contributed by atoms with Gasteiger partial charge in [-0.1, -0.05) is 11.6 Å². The van der Waals surface area contributed by atoms with Gasteiger partial charge in [0.2, 0.25) is 11.8 Å². The van der Waals surface area contributed by atoms with Gasteiger partial charge in [-0.05, 0) is 43.4 Å². The molecule has 5 nitrogen and oxygen atoms in total. The molecule has 0 aliphatic heterocycles. The summed E-state index contributed by atoms with van der Waals surface area (Å²) in [5.41, 5.74) is -0.0199. The molecule has 0 spiro atoms. The third-order valence-corrected chi connectivity index (χ3v) is 4.32. The summed E-state index contributed by atoms with van der Waals surface area (Å²) < 4.78 is 19.1. The number of aryl methyl sites for hydroxylation is 1. The van der Waals surface area contributed by atoms with Crippen molar-refractivity contribution in [2.75, 3.05) is 0 Å². The van der Waals surface area contributed by atoms with E-state index < -0.39 is 11.7 Å². The lowest BCUT2D eigenvalue weighted by Crippen LogP contribution is -2.33. The van der Waals surface area contributed by atoms with Crippen LogP contribution in [0.5, 0.6) is 0 Å². The van der Waals surface area contributed by atoms with Crippen LogP contribution in [0.2, 0.25) is 5.02 Å². The molecule has 0 radical (unpaired) electrons. The Hall–Kier alpha value is -1.95. The minimum Gasteiger partial charge on any atom is -0.426 e. The molecule has 1 fully saturated rings. The van der Waals surface area contributed by atoms with Gasteiger partial charge in [-0.15, -0.1) is 10.2 Å². The van der Waals surface area contributed by atoms with Crippen LogP contribution >= 0.6 is 11.6 Å². The summed E-state index contributed by atoms with van der Waals surface area (Å²) in [7, 11) is 0. The number of hydrogen-bond acceptors (Lipinski definition) is 4. The molecule has 0 saturated heterocycles. The highest BCUT2D eigenvalue weighted by Crippen LogP contribution is 2.29. The van der Waals surface area contributed by atoms with E-state index in [1.165, 1.54) is 18.2 Å². The Bertz CT molecular complexity index is 719. The van der Waals surface area contributed by atoms with E-state index in [9.17, 15) is 9.18 Å². The van der Waals surface area contributed by atoms with Gasteiger partial charge in [0.15, 0.2) is 0 Å². The molecule has 2 aromatic rings. The number of halogens is 2. The second-order valence-corrected chi connectivity index (χ2v) is 6.33. The lowest BCUT2D eigenvalue weighted by Gasteiger charge is -2.13. The zero-order chi connectivity index (χ0) is 16.4. The second-order valence-electron chi connectivity index (χ2n) is 5.89. The summed E-state index contributed by atoms with van der Waals surface area (Å²) in [5.74, 6) is 0.566. The highest BCUT2D eigenvalue weighted by molar-refractivity contribution is 6.31. The summed E-state index contributed by atoms with van der Waals surface area (Å²) in [4.78, 5) is 12.2. The number of carbonyl (C=O) groups is 1. The van der Waals surface area contributed by atoms with E-state index in [0.717, 1.165) is 19.3 Å². The fourth-order valence-electron chi connectivity index (χ4n) is 2.99. The average molecular weight is 338 g/mol. The van der Waals surface area contributed by atoms with Crippen LogP contribution in [0.3, 0.4) is 0 Å². The number of hydrogen-bond donors (Lipinski definition) is 1. The Morgan fingerprint density at radius 2 is 2.26 bits per heavy atom. The molecule has 1 heterocycles. The Morgan fingerprint density at radius 1 is 1.43 bits per heavy atom. The minimum atomic E-state index is -0.567. The highest BCUT2D eigenvalue weighted by atomic mass is 35.5. The fraction of sp³-hybridized carbons (Fsp3) is 0.438. The molecule has 7 heteroatoms. The van der Waals surface area contributed by atoms with Crippen molar-refractivity contribution in [3.63, 3.8) is 0 Å². The minimum absolute atomic E-state index is 0.0199.